The van der Waals surface area contributed by atoms with Crippen LogP contribution in [0.2, 0.25) is 0 Å². The summed E-state index contributed by atoms with van der Waals surface area (Å²) in [7, 11) is 0. The Morgan fingerprint density at radius 2 is 1.50 bits per heavy atom. The van der Waals surface area contributed by atoms with Crippen LogP contribution in [-0.2, 0) is 4.79 Å². The van der Waals surface area contributed by atoms with E-state index in [1.54, 1.807) is 0 Å². The second-order valence-electron chi connectivity index (χ2n) is 1.23. The van der Waals surface area contributed by atoms with E-state index in [1.807, 2.05) is 0 Å². The van der Waals surface area contributed by atoms with Crippen molar-refractivity contribution in [1.29, 1.82) is 0 Å². The number of hydrogen-bond donors (Lipinski definition) is 1. The Kier molecular flexibility index (Phi) is 30.9. The molecule has 0 aromatic rings. The molecule has 0 amide bonds. The first-order valence-electron chi connectivity index (χ1n) is 2.34. The van der Waals surface area contributed by atoms with Gasteiger partial charge < -0.3 is 5.11 Å². The van der Waals surface area contributed by atoms with E-state index in [9.17, 15) is 0 Å². The summed E-state index contributed by atoms with van der Waals surface area (Å²) < 4.78 is 0. The van der Waals surface area contributed by atoms with Crippen LogP contribution in [-0.4, -0.2) is 11.1 Å². The van der Waals surface area contributed by atoms with Gasteiger partial charge in [0.1, 0.15) is 0 Å². The first kappa shape index (κ1) is 15.8. The molecule has 0 aromatic carbocycles. The van der Waals surface area contributed by atoms with E-state index in [1.165, 1.54) is 6.42 Å². The van der Waals surface area contributed by atoms with Crippen LogP contribution in [0.4, 0.5) is 0 Å². The van der Waals surface area contributed by atoms with Gasteiger partial charge in [0.25, 0.3) is 5.97 Å². The minimum atomic E-state index is -0.833. The molecular weight excluding hydrogens is 330 g/mol. The van der Waals surface area contributed by atoms with E-state index in [4.69, 9.17) is 9.90 Å². The molecule has 3 heteroatoms. The van der Waals surface area contributed by atoms with Gasteiger partial charge in [-0.05, 0) is 0 Å². The van der Waals surface area contributed by atoms with Crippen molar-refractivity contribution in [1.82, 2.24) is 0 Å². The molecule has 1 N–H and O–H groups in total. The summed E-state index contributed by atoms with van der Waals surface area (Å²) in [6, 6.07) is 0. The maximum atomic E-state index is 9.00. The molecule has 0 saturated heterocycles. The molecule has 2 nitrogen and oxygen atoms in total. The molecule has 0 atom stereocenters. The summed E-state index contributed by atoms with van der Waals surface area (Å²) in [6.45, 7) is 5.33. The van der Waals surface area contributed by atoms with Crippen molar-refractivity contribution >= 4 is 5.97 Å². The summed E-state index contributed by atoms with van der Waals surface area (Å²) >= 11 is 0. The Balaban J connectivity index is -0.0000000575. The van der Waals surface area contributed by atoms with Gasteiger partial charge in [0, 0.05) is 38.0 Å². The quantitative estimate of drug-likeness (QED) is 0.725. The molecule has 0 spiro atoms. The maximum Gasteiger partial charge on any atom is 0.300 e. The van der Waals surface area contributed by atoms with Crippen LogP contribution in [0, 0.1) is 31.1 Å². The van der Waals surface area contributed by atoms with Gasteiger partial charge in [0.2, 0.25) is 0 Å². The third-order valence-electron chi connectivity index (χ3n) is 0. The second kappa shape index (κ2) is 15.6. The van der Waals surface area contributed by atoms with Gasteiger partial charge in [-0.25, -0.2) is 0 Å². The van der Waals surface area contributed by atoms with E-state index < -0.39 is 5.97 Å². The van der Waals surface area contributed by atoms with Gasteiger partial charge in [-0.2, -0.15) is 0 Å². The second-order valence-corrected chi connectivity index (χ2v) is 1.23. The molecule has 0 unspecified atom stereocenters. The van der Waals surface area contributed by atoms with Crippen molar-refractivity contribution < 1.29 is 41.0 Å². The summed E-state index contributed by atoms with van der Waals surface area (Å²) in [4.78, 5) is 9.00. The van der Waals surface area contributed by atoms with E-state index in [-0.39, 0.29) is 31.1 Å². The smallest absolute Gasteiger partial charge is 0.300 e. The minimum Gasteiger partial charge on any atom is -0.481 e. The summed E-state index contributed by atoms with van der Waals surface area (Å²) in [5.74, 6) is -0.833. The van der Waals surface area contributed by atoms with Crippen LogP contribution in [0.25, 0.3) is 0 Å². The van der Waals surface area contributed by atoms with Gasteiger partial charge in [-0.15, -0.1) is 0 Å². The third kappa shape index (κ3) is 730. The summed E-state index contributed by atoms with van der Waals surface area (Å²) in [5.41, 5.74) is 0. The van der Waals surface area contributed by atoms with Crippen molar-refractivity contribution in [2.45, 2.75) is 27.2 Å². The zero-order valence-electron chi connectivity index (χ0n) is 5.56. The van der Waals surface area contributed by atoms with Gasteiger partial charge in [0.05, 0.1) is 0 Å². The monoisotopic (exact) mass is 342 g/mol. The van der Waals surface area contributed by atoms with Crippen molar-refractivity contribution in [3.63, 3.8) is 0 Å². The number of carboxylic acids is 1. The minimum absolute atomic E-state index is 0. The molecule has 0 aliphatic heterocycles. The molecule has 8 heavy (non-hydrogen) atoms. The van der Waals surface area contributed by atoms with Gasteiger partial charge >= 0.3 is 0 Å². The Morgan fingerprint density at radius 1 is 1.50 bits per heavy atom. The Labute approximate surface area is 74.0 Å². The molecule has 0 aliphatic rings. The van der Waals surface area contributed by atoms with Crippen molar-refractivity contribution in [2.75, 3.05) is 0 Å². The average Bonchev–Trinajstić information content (AvgIpc) is 1.33. The molecule has 0 saturated carbocycles. The molecule has 0 fully saturated rings. The standard InChI is InChI=1S/C3H8.C2H4O2.U/c1-3-2;1-2(3)4;/h3H2,1-2H3;1H3,(H,3,4);. The fraction of sp³-hybridized carbons (Fsp3) is 0.800. The summed E-state index contributed by atoms with van der Waals surface area (Å²) in [6.07, 6.45) is 1.25. The molecule has 0 aliphatic carbocycles. The number of aliphatic carboxylic acids is 1. The van der Waals surface area contributed by atoms with Crippen LogP contribution < -0.4 is 0 Å². The van der Waals surface area contributed by atoms with Gasteiger partial charge in [-0.3, -0.25) is 4.79 Å². The fourth-order valence-electron chi connectivity index (χ4n) is 0. The zero-order valence-corrected chi connectivity index (χ0v) is 9.73. The van der Waals surface area contributed by atoms with E-state index in [0.29, 0.717) is 0 Å². The predicted octanol–water partition coefficient (Wildman–Crippen LogP) is 1.51. The van der Waals surface area contributed by atoms with Crippen LogP contribution in [0.3, 0.4) is 0 Å². The van der Waals surface area contributed by atoms with Crippen LogP contribution in [0.1, 0.15) is 27.2 Å². The molecule has 0 heterocycles. The average molecular weight is 342 g/mol. The van der Waals surface area contributed by atoms with Crippen LogP contribution in [0.15, 0.2) is 0 Å². The molecule has 0 aromatic heterocycles. The first-order chi connectivity index (χ1) is 3.15. The SMILES string of the molecule is CC(=O)O.CCC.[U]. The Morgan fingerprint density at radius 3 is 1.50 bits per heavy atom. The number of carboxylic acid groups (broad SMARTS) is 1. The molecule has 0 bridgehead atoms. The topological polar surface area (TPSA) is 37.3 Å². The predicted molar refractivity (Wildman–Crippen MR) is 29.3 cm³/mol. The third-order valence-corrected chi connectivity index (χ3v) is 0. The largest absolute Gasteiger partial charge is 0.481 e. The molecular formula is C5H12O2U. The molecule has 48 valence electrons. The van der Waals surface area contributed by atoms with Crippen LogP contribution >= 0.6 is 0 Å². The fourth-order valence-corrected chi connectivity index (χ4v) is 0. The summed E-state index contributed by atoms with van der Waals surface area (Å²) in [5, 5.41) is 7.42. The van der Waals surface area contributed by atoms with E-state index in [2.05, 4.69) is 13.8 Å². The van der Waals surface area contributed by atoms with Crippen molar-refractivity contribution in [2.24, 2.45) is 0 Å². The number of rotatable bonds is 0. The zero-order chi connectivity index (χ0) is 6.28. The van der Waals surface area contributed by atoms with Crippen LogP contribution in [0.5, 0.6) is 0 Å². The number of carbonyl (C=O) groups is 1. The van der Waals surface area contributed by atoms with Gasteiger partial charge in [0.15, 0.2) is 0 Å². The van der Waals surface area contributed by atoms with Crippen molar-refractivity contribution in [3.05, 3.63) is 0 Å². The molecule has 0 rings (SSSR count). The molecule has 0 radical (unpaired) electrons. The normalized spacial score (nSPS) is 5.38. The Bertz CT molecular complexity index is 41.7. The van der Waals surface area contributed by atoms with E-state index >= 15 is 0 Å². The first-order valence-corrected chi connectivity index (χ1v) is 2.34. The Hall–Kier alpha value is 0.522. The number of hydrogen-bond acceptors (Lipinski definition) is 1. The van der Waals surface area contributed by atoms with Crippen molar-refractivity contribution in [3.8, 4) is 0 Å². The van der Waals surface area contributed by atoms with E-state index in [0.717, 1.165) is 6.92 Å². The maximum absolute atomic E-state index is 9.00. The van der Waals surface area contributed by atoms with Gasteiger partial charge in [-0.1, -0.05) is 20.3 Å².